The van der Waals surface area contributed by atoms with E-state index >= 15 is 0 Å². The molecule has 2 heterocycles. The number of H-pyrrole nitrogens is 1. The molecule has 0 atom stereocenters. The van der Waals surface area contributed by atoms with Crippen molar-refractivity contribution in [3.05, 3.63) is 114 Å². The molecule has 0 aliphatic carbocycles. The molecule has 0 spiro atoms. The molecule has 174 valence electrons. The second-order valence-electron chi connectivity index (χ2n) is 8.12. The van der Waals surface area contributed by atoms with Gasteiger partial charge in [0.1, 0.15) is 11.6 Å². The van der Waals surface area contributed by atoms with E-state index in [4.69, 9.17) is 0 Å². The molecule has 1 aromatic heterocycles. The number of benzene rings is 3. The van der Waals surface area contributed by atoms with Crippen molar-refractivity contribution in [3.8, 4) is 11.1 Å². The van der Waals surface area contributed by atoms with E-state index in [1.807, 2.05) is 35.4 Å². The molecule has 0 unspecified atom stereocenters. The summed E-state index contributed by atoms with van der Waals surface area (Å²) < 4.78 is 27.7. The zero-order valence-electron chi connectivity index (χ0n) is 18.6. The number of aromatic amines is 1. The normalized spacial score (nSPS) is 12.5. The smallest absolute Gasteiger partial charge is 0.251 e. The van der Waals surface area contributed by atoms with Crippen LogP contribution in [0.5, 0.6) is 0 Å². The van der Waals surface area contributed by atoms with Crippen molar-refractivity contribution in [3.63, 3.8) is 0 Å². The number of nitrogens with zero attached hydrogens (tertiary/aromatic N) is 3. The number of halogens is 2. The van der Waals surface area contributed by atoms with Gasteiger partial charge in [0.15, 0.2) is 0 Å². The molecule has 8 heteroatoms. The van der Waals surface area contributed by atoms with Crippen molar-refractivity contribution in [2.75, 3.05) is 0 Å². The van der Waals surface area contributed by atoms with E-state index in [-0.39, 0.29) is 12.1 Å². The van der Waals surface area contributed by atoms with Gasteiger partial charge in [0.25, 0.3) is 5.91 Å². The molecule has 1 aliphatic heterocycles. The maximum Gasteiger partial charge on any atom is 0.251 e. The van der Waals surface area contributed by atoms with E-state index < -0.39 is 17.5 Å². The van der Waals surface area contributed by atoms with Gasteiger partial charge in [-0.05, 0) is 47.5 Å². The number of carbonyl (C=O) groups excluding carboxylic acids is 1. The Labute approximate surface area is 200 Å². The molecule has 0 bridgehead atoms. The molecule has 35 heavy (non-hydrogen) atoms. The third kappa shape index (κ3) is 4.59. The van der Waals surface area contributed by atoms with E-state index in [0.717, 1.165) is 45.8 Å². The monoisotopic (exact) mass is 469 g/mol. The van der Waals surface area contributed by atoms with Gasteiger partial charge in [0, 0.05) is 47.2 Å². The van der Waals surface area contributed by atoms with Crippen LogP contribution in [0.25, 0.3) is 16.8 Å². The molecule has 1 aliphatic rings. The first kappa shape index (κ1) is 22.2. The lowest BCUT2D eigenvalue weighted by Gasteiger charge is -2.27. The SMILES string of the molecule is C=C1c2cc(-c3cn[nH]c3)ccc2N=CN1Cc1cccc(C(=O)NCc2c(F)cccc2F)c1. The lowest BCUT2D eigenvalue weighted by atomic mass is 10.0. The molecular formula is C27H21F2N5O. The highest BCUT2D eigenvalue weighted by molar-refractivity contribution is 5.94. The van der Waals surface area contributed by atoms with E-state index in [1.54, 1.807) is 30.7 Å². The number of fused-ring (bicyclic) bond motifs is 1. The Kier molecular flexibility index (Phi) is 5.93. The lowest BCUT2D eigenvalue weighted by Crippen LogP contribution is -2.25. The summed E-state index contributed by atoms with van der Waals surface area (Å²) >= 11 is 0. The predicted molar refractivity (Wildman–Crippen MR) is 131 cm³/mol. The molecule has 5 rings (SSSR count). The number of hydrogen-bond donors (Lipinski definition) is 2. The van der Waals surface area contributed by atoms with Gasteiger partial charge in [-0.15, -0.1) is 0 Å². The average Bonchev–Trinajstić information content (AvgIpc) is 3.41. The number of aliphatic imine (C=N–C) groups is 1. The van der Waals surface area contributed by atoms with Gasteiger partial charge in [0.2, 0.25) is 0 Å². The first-order chi connectivity index (χ1) is 17.0. The van der Waals surface area contributed by atoms with Gasteiger partial charge < -0.3 is 10.2 Å². The van der Waals surface area contributed by atoms with Crippen molar-refractivity contribution >= 4 is 23.6 Å². The largest absolute Gasteiger partial charge is 0.348 e. The molecule has 3 aromatic carbocycles. The summed E-state index contributed by atoms with van der Waals surface area (Å²) in [5, 5.41) is 9.41. The summed E-state index contributed by atoms with van der Waals surface area (Å²) in [6.45, 7) is 4.46. The van der Waals surface area contributed by atoms with E-state index in [1.165, 1.54) is 6.07 Å². The van der Waals surface area contributed by atoms with Crippen LogP contribution < -0.4 is 5.32 Å². The molecule has 0 saturated heterocycles. The first-order valence-electron chi connectivity index (χ1n) is 10.9. The van der Waals surface area contributed by atoms with Gasteiger partial charge in [-0.1, -0.05) is 30.8 Å². The van der Waals surface area contributed by atoms with Crippen LogP contribution in [0.15, 0.2) is 84.6 Å². The van der Waals surface area contributed by atoms with Gasteiger partial charge in [-0.3, -0.25) is 9.89 Å². The first-order valence-corrected chi connectivity index (χ1v) is 10.9. The fourth-order valence-electron chi connectivity index (χ4n) is 3.94. The summed E-state index contributed by atoms with van der Waals surface area (Å²) in [5.74, 6) is -1.81. The number of aromatic nitrogens is 2. The molecule has 4 aromatic rings. The average molecular weight is 469 g/mol. The Balaban J connectivity index is 1.30. The standard InChI is InChI=1S/C27H21F2N5O/c1-17-22-11-19(21-12-32-33-13-21)8-9-26(22)31-16-34(17)15-18-4-2-5-20(10-18)27(35)30-14-23-24(28)6-3-7-25(23)29/h2-13,16H,1,14-15H2,(H,30,35)(H,32,33). The Morgan fingerprint density at radius 2 is 1.83 bits per heavy atom. The molecule has 0 saturated carbocycles. The van der Waals surface area contributed by atoms with E-state index in [0.29, 0.717) is 12.1 Å². The second-order valence-corrected chi connectivity index (χ2v) is 8.12. The third-order valence-electron chi connectivity index (χ3n) is 5.85. The van der Waals surface area contributed by atoms with Crippen molar-refractivity contribution in [1.82, 2.24) is 20.4 Å². The van der Waals surface area contributed by atoms with Crippen LogP contribution in [0.3, 0.4) is 0 Å². The number of nitrogens with one attached hydrogen (secondary N) is 2. The van der Waals surface area contributed by atoms with Crippen LogP contribution in [0.2, 0.25) is 0 Å². The molecule has 1 amide bonds. The minimum atomic E-state index is -0.696. The lowest BCUT2D eigenvalue weighted by molar-refractivity contribution is 0.0950. The van der Waals surface area contributed by atoms with Gasteiger partial charge >= 0.3 is 0 Å². The summed E-state index contributed by atoms with van der Waals surface area (Å²) in [6.07, 6.45) is 5.30. The van der Waals surface area contributed by atoms with Gasteiger partial charge in [-0.25, -0.2) is 13.8 Å². The Hall–Kier alpha value is -4.59. The summed E-state index contributed by atoms with van der Waals surface area (Å²) in [7, 11) is 0. The minimum absolute atomic E-state index is 0.175. The summed E-state index contributed by atoms with van der Waals surface area (Å²) in [4.78, 5) is 19.1. The third-order valence-corrected chi connectivity index (χ3v) is 5.85. The molecule has 6 nitrogen and oxygen atoms in total. The fraction of sp³-hybridized carbons (Fsp3) is 0.0741. The number of carbonyl (C=O) groups is 1. The van der Waals surface area contributed by atoms with Crippen LogP contribution in [-0.2, 0) is 13.1 Å². The zero-order chi connectivity index (χ0) is 24.4. The highest BCUT2D eigenvalue weighted by atomic mass is 19.1. The highest BCUT2D eigenvalue weighted by Crippen LogP contribution is 2.35. The predicted octanol–water partition coefficient (Wildman–Crippen LogP) is 5.43. The maximum atomic E-state index is 13.9. The topological polar surface area (TPSA) is 73.4 Å². The van der Waals surface area contributed by atoms with Crippen LogP contribution in [0.4, 0.5) is 14.5 Å². The Bertz CT molecular complexity index is 1430. The van der Waals surface area contributed by atoms with E-state index in [9.17, 15) is 13.6 Å². The van der Waals surface area contributed by atoms with Crippen molar-refractivity contribution in [2.24, 2.45) is 4.99 Å². The van der Waals surface area contributed by atoms with Crippen LogP contribution in [0, 0.1) is 11.6 Å². The Morgan fingerprint density at radius 3 is 2.60 bits per heavy atom. The number of rotatable bonds is 6. The van der Waals surface area contributed by atoms with E-state index in [2.05, 4.69) is 27.1 Å². The molecule has 0 radical (unpaired) electrons. The minimum Gasteiger partial charge on any atom is -0.348 e. The van der Waals surface area contributed by atoms with Crippen LogP contribution in [-0.4, -0.2) is 27.3 Å². The Morgan fingerprint density at radius 1 is 1.03 bits per heavy atom. The second kappa shape index (κ2) is 9.34. The summed E-state index contributed by atoms with van der Waals surface area (Å²) in [5.41, 5.74) is 5.56. The fourth-order valence-corrected chi connectivity index (χ4v) is 3.94. The molecule has 2 N–H and O–H groups in total. The zero-order valence-corrected chi connectivity index (χ0v) is 18.6. The van der Waals surface area contributed by atoms with Gasteiger partial charge in [0.05, 0.1) is 18.2 Å². The molecule has 0 fully saturated rings. The van der Waals surface area contributed by atoms with Crippen molar-refractivity contribution in [2.45, 2.75) is 13.1 Å². The van der Waals surface area contributed by atoms with Crippen LogP contribution in [0.1, 0.15) is 27.0 Å². The highest BCUT2D eigenvalue weighted by Gasteiger charge is 2.19. The number of hydrogen-bond acceptors (Lipinski definition) is 4. The van der Waals surface area contributed by atoms with Crippen LogP contribution >= 0.6 is 0 Å². The van der Waals surface area contributed by atoms with Gasteiger partial charge in [-0.2, -0.15) is 5.10 Å². The van der Waals surface area contributed by atoms with Crippen molar-refractivity contribution in [1.29, 1.82) is 0 Å². The number of amides is 1. The molecular weight excluding hydrogens is 448 g/mol. The quantitative estimate of drug-likeness (QED) is 0.395. The maximum absolute atomic E-state index is 13.9. The summed E-state index contributed by atoms with van der Waals surface area (Å²) in [6, 6.07) is 16.6. The van der Waals surface area contributed by atoms with Crippen molar-refractivity contribution < 1.29 is 13.6 Å².